The van der Waals surface area contributed by atoms with Crippen LogP contribution < -0.4 is 5.32 Å². The van der Waals surface area contributed by atoms with E-state index in [2.05, 4.69) is 20.2 Å². The molecule has 1 fully saturated rings. The maximum absolute atomic E-state index is 12.6. The normalized spacial score (nSPS) is 15.0. The number of amides is 1. The summed E-state index contributed by atoms with van der Waals surface area (Å²) >= 11 is 6.02. The zero-order valence-corrected chi connectivity index (χ0v) is 16.5. The van der Waals surface area contributed by atoms with Gasteiger partial charge < -0.3 is 10.2 Å². The van der Waals surface area contributed by atoms with Crippen molar-refractivity contribution in [3.63, 3.8) is 0 Å². The predicted octanol–water partition coefficient (Wildman–Crippen LogP) is 3.35. The van der Waals surface area contributed by atoms with E-state index in [9.17, 15) is 4.79 Å². The molecule has 1 N–H and O–H groups in total. The number of benzene rings is 1. The highest BCUT2D eigenvalue weighted by molar-refractivity contribution is 6.30. The van der Waals surface area contributed by atoms with Gasteiger partial charge >= 0.3 is 0 Å². The summed E-state index contributed by atoms with van der Waals surface area (Å²) in [7, 11) is 0. The minimum atomic E-state index is -0.0304. The molecule has 0 saturated carbocycles. The lowest BCUT2D eigenvalue weighted by atomic mass is 10.1. The van der Waals surface area contributed by atoms with Crippen molar-refractivity contribution in [2.24, 2.45) is 0 Å². The van der Waals surface area contributed by atoms with Crippen LogP contribution in [0.3, 0.4) is 0 Å². The van der Waals surface area contributed by atoms with E-state index in [0.717, 1.165) is 36.5 Å². The van der Waals surface area contributed by atoms with Crippen LogP contribution in [0.1, 0.15) is 19.3 Å². The molecule has 0 aliphatic carbocycles. The number of carbonyl (C=O) groups excluding carboxylic acids is 1. The van der Waals surface area contributed by atoms with Crippen LogP contribution in [0.2, 0.25) is 5.02 Å². The molecule has 146 valence electrons. The highest BCUT2D eigenvalue weighted by atomic mass is 35.5. The van der Waals surface area contributed by atoms with Crippen molar-refractivity contribution >= 4 is 28.7 Å². The number of imidazole rings is 1. The van der Waals surface area contributed by atoms with E-state index in [1.165, 1.54) is 19.3 Å². The summed E-state index contributed by atoms with van der Waals surface area (Å²) in [5.74, 6) is 0.689. The summed E-state index contributed by atoms with van der Waals surface area (Å²) in [6, 6.07) is 11.2. The highest BCUT2D eigenvalue weighted by Gasteiger charge is 2.16. The van der Waals surface area contributed by atoms with Gasteiger partial charge in [0.2, 0.25) is 5.91 Å². The number of likely N-dealkylation sites (tertiary alicyclic amines) is 1. The van der Waals surface area contributed by atoms with Gasteiger partial charge in [0, 0.05) is 29.9 Å². The Morgan fingerprint density at radius 3 is 2.68 bits per heavy atom. The number of hydrogen-bond acceptors (Lipinski definition) is 4. The van der Waals surface area contributed by atoms with Crippen LogP contribution in [0, 0.1) is 0 Å². The monoisotopic (exact) mass is 397 g/mol. The van der Waals surface area contributed by atoms with Gasteiger partial charge in [-0.3, -0.25) is 9.36 Å². The second-order valence-electron chi connectivity index (χ2n) is 7.13. The molecule has 1 aromatic carbocycles. The van der Waals surface area contributed by atoms with E-state index in [1.54, 1.807) is 6.20 Å². The van der Waals surface area contributed by atoms with Gasteiger partial charge in [0.1, 0.15) is 17.9 Å². The lowest BCUT2D eigenvalue weighted by molar-refractivity contribution is -0.121. The van der Waals surface area contributed by atoms with E-state index < -0.39 is 0 Å². The maximum Gasteiger partial charge on any atom is 0.240 e. The third-order valence-corrected chi connectivity index (χ3v) is 5.36. The first kappa shape index (κ1) is 18.9. The van der Waals surface area contributed by atoms with Gasteiger partial charge in [0.25, 0.3) is 0 Å². The molecule has 3 heterocycles. The summed E-state index contributed by atoms with van der Waals surface area (Å²) in [4.78, 5) is 24.1. The average Bonchev–Trinajstić information content (AvgIpc) is 3.08. The topological polar surface area (TPSA) is 63.1 Å². The van der Waals surface area contributed by atoms with Crippen molar-refractivity contribution in [1.82, 2.24) is 24.8 Å². The van der Waals surface area contributed by atoms with Crippen LogP contribution in [0.5, 0.6) is 0 Å². The molecule has 1 amide bonds. The first-order valence-electron chi connectivity index (χ1n) is 9.77. The van der Waals surface area contributed by atoms with Crippen molar-refractivity contribution in [3.05, 3.63) is 47.6 Å². The van der Waals surface area contributed by atoms with Crippen LogP contribution >= 0.6 is 11.6 Å². The number of pyridine rings is 1. The minimum Gasteiger partial charge on any atom is -0.353 e. The number of rotatable bonds is 6. The zero-order valence-electron chi connectivity index (χ0n) is 15.8. The fourth-order valence-corrected chi connectivity index (χ4v) is 3.79. The first-order chi connectivity index (χ1) is 13.7. The molecule has 4 rings (SSSR count). The lowest BCUT2D eigenvalue weighted by Gasteiger charge is -2.26. The summed E-state index contributed by atoms with van der Waals surface area (Å²) < 4.78 is 1.87. The van der Waals surface area contributed by atoms with Crippen molar-refractivity contribution < 1.29 is 4.79 Å². The third kappa shape index (κ3) is 4.34. The molecule has 0 radical (unpaired) electrons. The van der Waals surface area contributed by atoms with Gasteiger partial charge in [-0.15, -0.1) is 0 Å². The van der Waals surface area contributed by atoms with Gasteiger partial charge in [-0.05, 0) is 62.3 Å². The van der Waals surface area contributed by atoms with E-state index in [4.69, 9.17) is 11.6 Å². The van der Waals surface area contributed by atoms with Crippen LogP contribution in [-0.2, 0) is 11.3 Å². The standard InChI is InChI=1S/C21H24ClN5O/c22-17-8-6-16(7-9-17)20-25-18-5-4-10-24-21(18)27(20)15-19(28)23-11-14-26-12-2-1-3-13-26/h4-10H,1-3,11-15H2,(H,23,28). The number of nitrogens with one attached hydrogen (secondary N) is 1. The minimum absolute atomic E-state index is 0.0304. The zero-order chi connectivity index (χ0) is 19.3. The second kappa shape index (κ2) is 8.71. The summed E-state index contributed by atoms with van der Waals surface area (Å²) in [6.45, 7) is 4.01. The molecule has 0 unspecified atom stereocenters. The Morgan fingerprint density at radius 2 is 1.89 bits per heavy atom. The average molecular weight is 398 g/mol. The third-order valence-electron chi connectivity index (χ3n) is 5.11. The van der Waals surface area contributed by atoms with Gasteiger partial charge in [0.15, 0.2) is 5.65 Å². The van der Waals surface area contributed by atoms with E-state index in [-0.39, 0.29) is 12.5 Å². The molecule has 7 heteroatoms. The largest absolute Gasteiger partial charge is 0.353 e. The van der Waals surface area contributed by atoms with E-state index in [0.29, 0.717) is 17.2 Å². The molecular weight excluding hydrogens is 374 g/mol. The quantitative estimate of drug-likeness (QED) is 0.692. The SMILES string of the molecule is O=C(Cn1c(-c2ccc(Cl)cc2)nc2cccnc21)NCCN1CCCCC1. The molecule has 28 heavy (non-hydrogen) atoms. The molecule has 1 aliphatic rings. The Hall–Kier alpha value is -2.44. The summed E-state index contributed by atoms with van der Waals surface area (Å²) in [5.41, 5.74) is 2.38. The maximum atomic E-state index is 12.6. The number of halogens is 1. The first-order valence-corrected chi connectivity index (χ1v) is 10.1. The predicted molar refractivity (Wildman–Crippen MR) is 111 cm³/mol. The molecule has 1 aliphatic heterocycles. The van der Waals surface area contributed by atoms with Crippen LogP contribution in [0.25, 0.3) is 22.6 Å². The van der Waals surface area contributed by atoms with Crippen molar-refractivity contribution in [1.29, 1.82) is 0 Å². The number of hydrogen-bond donors (Lipinski definition) is 1. The fourth-order valence-electron chi connectivity index (χ4n) is 3.66. The molecule has 6 nitrogen and oxygen atoms in total. The van der Waals surface area contributed by atoms with Crippen molar-refractivity contribution in [3.8, 4) is 11.4 Å². The van der Waals surface area contributed by atoms with Crippen LogP contribution in [0.4, 0.5) is 0 Å². The van der Waals surface area contributed by atoms with Crippen molar-refractivity contribution in [2.75, 3.05) is 26.2 Å². The Morgan fingerprint density at radius 1 is 1.11 bits per heavy atom. The van der Waals surface area contributed by atoms with E-state index >= 15 is 0 Å². The number of aromatic nitrogens is 3. The van der Waals surface area contributed by atoms with Gasteiger partial charge in [-0.25, -0.2) is 9.97 Å². The Bertz CT molecular complexity index is 947. The molecule has 1 saturated heterocycles. The van der Waals surface area contributed by atoms with Gasteiger partial charge in [-0.1, -0.05) is 18.0 Å². The Kier molecular flexibility index (Phi) is 5.88. The highest BCUT2D eigenvalue weighted by Crippen LogP contribution is 2.24. The molecule has 3 aromatic rings. The smallest absolute Gasteiger partial charge is 0.240 e. The van der Waals surface area contributed by atoms with Crippen LogP contribution in [0.15, 0.2) is 42.6 Å². The number of nitrogens with zero attached hydrogens (tertiary/aromatic N) is 4. The molecule has 0 spiro atoms. The van der Waals surface area contributed by atoms with Gasteiger partial charge in [-0.2, -0.15) is 0 Å². The number of fused-ring (bicyclic) bond motifs is 1. The Labute approximate surface area is 169 Å². The summed E-state index contributed by atoms with van der Waals surface area (Å²) in [6.07, 6.45) is 5.55. The molecule has 0 atom stereocenters. The molecule has 0 bridgehead atoms. The molecule has 2 aromatic heterocycles. The van der Waals surface area contributed by atoms with Gasteiger partial charge in [0.05, 0.1) is 0 Å². The number of piperidine rings is 1. The fraction of sp³-hybridized carbons (Fsp3) is 0.381. The molecular formula is C21H24ClN5O. The van der Waals surface area contributed by atoms with E-state index in [1.807, 2.05) is 41.0 Å². The van der Waals surface area contributed by atoms with Crippen LogP contribution in [-0.4, -0.2) is 51.5 Å². The lowest BCUT2D eigenvalue weighted by Crippen LogP contribution is -2.38. The van der Waals surface area contributed by atoms with Crippen molar-refractivity contribution in [2.45, 2.75) is 25.8 Å². The Balaban J connectivity index is 1.49. The summed E-state index contributed by atoms with van der Waals surface area (Å²) in [5, 5.41) is 3.71. The number of carbonyl (C=O) groups is 1. The second-order valence-corrected chi connectivity index (χ2v) is 7.56.